The fourth-order valence-electron chi connectivity index (χ4n) is 0.979. The van der Waals surface area contributed by atoms with E-state index in [-0.39, 0.29) is 11.5 Å². The van der Waals surface area contributed by atoms with Gasteiger partial charge in [-0.15, -0.1) is 0 Å². The van der Waals surface area contributed by atoms with Crippen molar-refractivity contribution >= 4 is 5.91 Å². The molecule has 0 heterocycles. The highest BCUT2D eigenvalue weighted by Gasteiger charge is 2.08. The highest BCUT2D eigenvalue weighted by Crippen LogP contribution is 2.05. The maximum Gasteiger partial charge on any atom is 0.254 e. The van der Waals surface area contributed by atoms with Gasteiger partial charge >= 0.3 is 0 Å². The van der Waals surface area contributed by atoms with E-state index >= 15 is 0 Å². The van der Waals surface area contributed by atoms with Crippen LogP contribution in [0.3, 0.4) is 0 Å². The first-order valence-corrected chi connectivity index (χ1v) is 5.28. The third-order valence-electron chi connectivity index (χ3n) is 1.65. The predicted octanol–water partition coefficient (Wildman–Crippen LogP) is 2.99. The van der Waals surface area contributed by atoms with Gasteiger partial charge in [0.05, 0.1) is 5.56 Å². The zero-order valence-corrected chi connectivity index (χ0v) is 9.51. The molecule has 0 saturated heterocycles. The highest BCUT2D eigenvalue weighted by molar-refractivity contribution is 5.94. The standard InChI is InChI=1S/C10H12FNO.C2H6/c1-2-7-12-10(13)8-5-3-4-6-9(8)11;1-2/h3-6H,2,7H2,1H3,(H,12,13);1-2H3. The number of benzene rings is 1. The normalized spacial score (nSPS) is 8.80. The lowest BCUT2D eigenvalue weighted by molar-refractivity contribution is 0.0949. The molecule has 1 aromatic rings. The topological polar surface area (TPSA) is 29.1 Å². The quantitative estimate of drug-likeness (QED) is 0.818. The van der Waals surface area contributed by atoms with E-state index in [1.807, 2.05) is 20.8 Å². The second-order valence-corrected chi connectivity index (χ2v) is 2.74. The minimum atomic E-state index is -0.476. The first-order chi connectivity index (χ1) is 7.25. The van der Waals surface area contributed by atoms with Crippen molar-refractivity contribution in [1.29, 1.82) is 0 Å². The van der Waals surface area contributed by atoms with Gasteiger partial charge < -0.3 is 5.32 Å². The largest absolute Gasteiger partial charge is 0.352 e. The second-order valence-electron chi connectivity index (χ2n) is 2.74. The Bertz CT molecular complexity index is 299. The number of hydrogen-bond acceptors (Lipinski definition) is 1. The smallest absolute Gasteiger partial charge is 0.254 e. The van der Waals surface area contributed by atoms with E-state index < -0.39 is 5.82 Å². The monoisotopic (exact) mass is 211 g/mol. The van der Waals surface area contributed by atoms with Crippen molar-refractivity contribution in [2.75, 3.05) is 6.54 Å². The summed E-state index contributed by atoms with van der Waals surface area (Å²) in [5, 5.41) is 2.61. The number of halogens is 1. The van der Waals surface area contributed by atoms with E-state index in [1.54, 1.807) is 12.1 Å². The van der Waals surface area contributed by atoms with Crippen LogP contribution < -0.4 is 5.32 Å². The molecule has 0 aliphatic heterocycles. The number of carbonyl (C=O) groups is 1. The summed E-state index contributed by atoms with van der Waals surface area (Å²) in [6.07, 6.45) is 0.847. The molecule has 0 bridgehead atoms. The van der Waals surface area contributed by atoms with Gasteiger partial charge in [-0.25, -0.2) is 4.39 Å². The van der Waals surface area contributed by atoms with Crippen molar-refractivity contribution in [3.63, 3.8) is 0 Å². The van der Waals surface area contributed by atoms with E-state index in [9.17, 15) is 9.18 Å². The van der Waals surface area contributed by atoms with Crippen LogP contribution in [0.15, 0.2) is 24.3 Å². The zero-order chi connectivity index (χ0) is 11.7. The summed E-state index contributed by atoms with van der Waals surface area (Å²) in [5.74, 6) is -0.823. The van der Waals surface area contributed by atoms with Crippen molar-refractivity contribution < 1.29 is 9.18 Å². The molecule has 0 saturated carbocycles. The maximum atomic E-state index is 13.0. The van der Waals surface area contributed by atoms with Crippen molar-refractivity contribution in [2.24, 2.45) is 0 Å². The van der Waals surface area contributed by atoms with Gasteiger partial charge in [-0.2, -0.15) is 0 Å². The summed E-state index contributed by atoms with van der Waals surface area (Å²) < 4.78 is 13.0. The molecule has 0 unspecified atom stereocenters. The van der Waals surface area contributed by atoms with Crippen molar-refractivity contribution in [3.05, 3.63) is 35.6 Å². The third kappa shape index (κ3) is 4.58. The van der Waals surface area contributed by atoms with Crippen molar-refractivity contribution in [3.8, 4) is 0 Å². The Morgan fingerprint density at radius 1 is 1.33 bits per heavy atom. The maximum absolute atomic E-state index is 13.0. The molecule has 0 aliphatic rings. The van der Waals surface area contributed by atoms with Crippen molar-refractivity contribution in [2.45, 2.75) is 27.2 Å². The van der Waals surface area contributed by atoms with E-state index in [4.69, 9.17) is 0 Å². The van der Waals surface area contributed by atoms with Gasteiger partial charge in [0.1, 0.15) is 5.82 Å². The second kappa shape index (κ2) is 7.97. The molecule has 0 radical (unpaired) electrons. The third-order valence-corrected chi connectivity index (χ3v) is 1.65. The van der Waals surface area contributed by atoms with Crippen LogP contribution in [0.5, 0.6) is 0 Å². The van der Waals surface area contributed by atoms with Gasteiger partial charge in [0.2, 0.25) is 0 Å². The van der Waals surface area contributed by atoms with Crippen LogP contribution in [-0.2, 0) is 0 Å². The van der Waals surface area contributed by atoms with Crippen LogP contribution in [0.25, 0.3) is 0 Å². The average Bonchev–Trinajstić information content (AvgIpc) is 2.29. The lowest BCUT2D eigenvalue weighted by atomic mass is 10.2. The van der Waals surface area contributed by atoms with Gasteiger partial charge in [-0.05, 0) is 18.6 Å². The van der Waals surface area contributed by atoms with Crippen LogP contribution in [0.4, 0.5) is 4.39 Å². The van der Waals surface area contributed by atoms with E-state index in [2.05, 4.69) is 5.32 Å². The summed E-state index contributed by atoms with van der Waals surface area (Å²) in [6, 6.07) is 5.96. The van der Waals surface area contributed by atoms with Crippen LogP contribution in [-0.4, -0.2) is 12.5 Å². The summed E-state index contributed by atoms with van der Waals surface area (Å²) in [5.41, 5.74) is 0.107. The Morgan fingerprint density at radius 2 is 1.93 bits per heavy atom. The fraction of sp³-hybridized carbons (Fsp3) is 0.417. The molecular weight excluding hydrogens is 193 g/mol. The minimum Gasteiger partial charge on any atom is -0.352 e. The van der Waals surface area contributed by atoms with Crippen LogP contribution >= 0.6 is 0 Å². The Morgan fingerprint density at radius 3 is 2.47 bits per heavy atom. The molecule has 84 valence electrons. The Balaban J connectivity index is 0.000000921. The average molecular weight is 211 g/mol. The number of amides is 1. The molecule has 15 heavy (non-hydrogen) atoms. The molecule has 3 heteroatoms. The number of carbonyl (C=O) groups excluding carboxylic acids is 1. The predicted molar refractivity (Wildman–Crippen MR) is 60.4 cm³/mol. The van der Waals surface area contributed by atoms with Crippen molar-refractivity contribution in [1.82, 2.24) is 5.32 Å². The minimum absolute atomic E-state index is 0.107. The van der Waals surface area contributed by atoms with Gasteiger partial charge in [0.15, 0.2) is 0 Å². The summed E-state index contributed by atoms with van der Waals surface area (Å²) >= 11 is 0. The molecule has 0 aliphatic carbocycles. The van der Waals surface area contributed by atoms with Crippen LogP contribution in [0.1, 0.15) is 37.6 Å². The van der Waals surface area contributed by atoms with E-state index in [0.29, 0.717) is 6.54 Å². The van der Waals surface area contributed by atoms with Crippen LogP contribution in [0, 0.1) is 5.82 Å². The SMILES string of the molecule is CC.CCCNC(=O)c1ccccc1F. The van der Waals surface area contributed by atoms with Gasteiger partial charge in [0, 0.05) is 6.54 Å². The summed E-state index contributed by atoms with van der Waals surface area (Å²) in [4.78, 5) is 11.3. The molecule has 2 nitrogen and oxygen atoms in total. The summed E-state index contributed by atoms with van der Waals surface area (Å²) in [7, 11) is 0. The highest BCUT2D eigenvalue weighted by atomic mass is 19.1. The van der Waals surface area contributed by atoms with Gasteiger partial charge in [-0.3, -0.25) is 4.79 Å². The number of nitrogens with one attached hydrogen (secondary N) is 1. The van der Waals surface area contributed by atoms with Gasteiger partial charge in [-0.1, -0.05) is 32.9 Å². The Labute approximate surface area is 90.5 Å². The van der Waals surface area contributed by atoms with E-state index in [1.165, 1.54) is 12.1 Å². The first kappa shape index (κ1) is 13.6. The van der Waals surface area contributed by atoms with E-state index in [0.717, 1.165) is 6.42 Å². The molecule has 0 fully saturated rings. The lowest BCUT2D eigenvalue weighted by Gasteiger charge is -2.03. The Kier molecular flexibility index (Phi) is 7.24. The molecule has 0 atom stereocenters. The lowest BCUT2D eigenvalue weighted by Crippen LogP contribution is -2.24. The molecule has 0 spiro atoms. The van der Waals surface area contributed by atoms with Crippen LogP contribution in [0.2, 0.25) is 0 Å². The Hall–Kier alpha value is -1.38. The molecule has 1 aromatic carbocycles. The molecule has 1 rings (SSSR count). The summed E-state index contributed by atoms with van der Waals surface area (Å²) in [6.45, 7) is 6.52. The van der Waals surface area contributed by atoms with Gasteiger partial charge in [0.25, 0.3) is 5.91 Å². The molecule has 1 amide bonds. The molecule has 1 N–H and O–H groups in total. The first-order valence-electron chi connectivity index (χ1n) is 5.28. The fourth-order valence-corrected chi connectivity index (χ4v) is 0.979. The molecule has 0 aromatic heterocycles. The zero-order valence-electron chi connectivity index (χ0n) is 9.51. The number of hydrogen-bond donors (Lipinski definition) is 1. The molecular formula is C12H18FNO. The number of rotatable bonds is 3.